The zero-order valence-corrected chi connectivity index (χ0v) is 15.5. The van der Waals surface area contributed by atoms with E-state index in [9.17, 15) is 4.79 Å². The average molecular weight is 359 g/mol. The van der Waals surface area contributed by atoms with Gasteiger partial charge in [-0.25, -0.2) is 0 Å². The van der Waals surface area contributed by atoms with Crippen molar-refractivity contribution >= 4 is 18.3 Å². The highest BCUT2D eigenvalue weighted by Gasteiger charge is 2.32. The van der Waals surface area contributed by atoms with Gasteiger partial charge in [-0.05, 0) is 48.4 Å². The molecule has 2 atom stereocenters. The first-order valence-corrected chi connectivity index (χ1v) is 8.79. The van der Waals surface area contributed by atoms with Gasteiger partial charge in [0.1, 0.15) is 0 Å². The quantitative estimate of drug-likeness (QED) is 0.876. The van der Waals surface area contributed by atoms with Gasteiger partial charge in [0.15, 0.2) is 0 Å². The molecule has 3 rings (SSSR count). The predicted octanol–water partition coefficient (Wildman–Crippen LogP) is 4.05. The van der Waals surface area contributed by atoms with Crippen molar-refractivity contribution in [2.45, 2.75) is 38.3 Å². The highest BCUT2D eigenvalue weighted by Crippen LogP contribution is 2.32. The van der Waals surface area contributed by atoms with E-state index in [-0.39, 0.29) is 18.3 Å². The molecule has 0 aliphatic heterocycles. The molecule has 1 amide bonds. The van der Waals surface area contributed by atoms with Crippen LogP contribution in [-0.4, -0.2) is 23.9 Å². The second kappa shape index (κ2) is 9.02. The minimum atomic E-state index is 0. The molecule has 2 N–H and O–H groups in total. The van der Waals surface area contributed by atoms with Crippen LogP contribution in [0.4, 0.5) is 0 Å². The number of hydrogen-bond donors (Lipinski definition) is 1. The summed E-state index contributed by atoms with van der Waals surface area (Å²) in [5.41, 5.74) is 8.80. The Kier molecular flexibility index (Phi) is 7.03. The summed E-state index contributed by atoms with van der Waals surface area (Å²) >= 11 is 0. The lowest BCUT2D eigenvalue weighted by Crippen LogP contribution is -2.40. The average Bonchev–Trinajstić information content (AvgIpc) is 3.09. The van der Waals surface area contributed by atoms with Crippen molar-refractivity contribution in [1.29, 1.82) is 0 Å². The maximum Gasteiger partial charge on any atom is 0.253 e. The van der Waals surface area contributed by atoms with E-state index in [0.29, 0.717) is 18.5 Å². The first-order valence-electron chi connectivity index (χ1n) is 8.79. The van der Waals surface area contributed by atoms with Crippen molar-refractivity contribution < 1.29 is 4.79 Å². The Balaban J connectivity index is 0.00000225. The number of benzene rings is 2. The summed E-state index contributed by atoms with van der Waals surface area (Å²) in [6.07, 6.45) is 4.55. The van der Waals surface area contributed by atoms with Crippen molar-refractivity contribution in [3.05, 3.63) is 71.3 Å². The van der Waals surface area contributed by atoms with Gasteiger partial charge in [-0.1, -0.05) is 48.9 Å². The zero-order valence-electron chi connectivity index (χ0n) is 14.7. The number of hydrogen-bond acceptors (Lipinski definition) is 2. The van der Waals surface area contributed by atoms with Gasteiger partial charge in [0.05, 0.1) is 0 Å². The first kappa shape index (κ1) is 19.5. The van der Waals surface area contributed by atoms with E-state index in [0.717, 1.165) is 24.0 Å². The van der Waals surface area contributed by atoms with Gasteiger partial charge in [-0.3, -0.25) is 4.79 Å². The van der Waals surface area contributed by atoms with Crippen LogP contribution >= 0.6 is 12.4 Å². The van der Waals surface area contributed by atoms with Gasteiger partial charge >= 0.3 is 0 Å². The minimum Gasteiger partial charge on any atom is -0.338 e. The third kappa shape index (κ3) is 4.62. The third-order valence-electron chi connectivity index (χ3n) is 5.21. The number of rotatable bonds is 5. The number of nitrogens with zero attached hydrogens (tertiary/aromatic N) is 1. The number of nitrogens with two attached hydrogens (primary N) is 1. The summed E-state index contributed by atoms with van der Waals surface area (Å²) in [4.78, 5) is 14.8. The normalized spacial score (nSPS) is 19.3. The Hall–Kier alpha value is -1.84. The Bertz CT molecular complexity index is 672. The SMILES string of the molecule is CN(C(=O)c1ccc(CN)cc1)C1CCCC1Cc1ccccc1.Cl. The molecule has 0 aromatic heterocycles. The molecule has 3 nitrogen and oxygen atoms in total. The van der Waals surface area contributed by atoms with E-state index in [1.54, 1.807) is 0 Å². The molecule has 1 saturated carbocycles. The maximum absolute atomic E-state index is 12.8. The summed E-state index contributed by atoms with van der Waals surface area (Å²) in [5.74, 6) is 0.660. The zero-order chi connectivity index (χ0) is 16.9. The number of amides is 1. The van der Waals surface area contributed by atoms with Crippen LogP contribution in [0.2, 0.25) is 0 Å². The van der Waals surface area contributed by atoms with E-state index in [4.69, 9.17) is 5.73 Å². The topological polar surface area (TPSA) is 46.3 Å². The summed E-state index contributed by atoms with van der Waals surface area (Å²) in [6.45, 7) is 0.506. The van der Waals surface area contributed by atoms with Crippen LogP contribution in [0, 0.1) is 5.92 Å². The summed E-state index contributed by atoms with van der Waals surface area (Å²) < 4.78 is 0. The van der Waals surface area contributed by atoms with E-state index < -0.39 is 0 Å². The lowest BCUT2D eigenvalue weighted by atomic mass is 9.93. The molecule has 1 fully saturated rings. The third-order valence-corrected chi connectivity index (χ3v) is 5.21. The van der Waals surface area contributed by atoms with Gasteiger partial charge in [0, 0.05) is 25.2 Å². The number of carbonyl (C=O) groups excluding carboxylic acids is 1. The Morgan fingerprint density at radius 3 is 2.36 bits per heavy atom. The molecule has 1 aliphatic rings. The Morgan fingerprint density at radius 2 is 1.72 bits per heavy atom. The van der Waals surface area contributed by atoms with Crippen LogP contribution in [0.25, 0.3) is 0 Å². The molecule has 0 heterocycles. The summed E-state index contributed by atoms with van der Waals surface area (Å²) in [5, 5.41) is 0. The van der Waals surface area contributed by atoms with E-state index >= 15 is 0 Å². The lowest BCUT2D eigenvalue weighted by Gasteiger charge is -2.30. The minimum absolute atomic E-state index is 0. The van der Waals surface area contributed by atoms with Crippen molar-refractivity contribution in [2.24, 2.45) is 11.7 Å². The highest BCUT2D eigenvalue weighted by atomic mass is 35.5. The molecule has 2 aromatic carbocycles. The van der Waals surface area contributed by atoms with Crippen molar-refractivity contribution in [3.8, 4) is 0 Å². The van der Waals surface area contributed by atoms with Crippen molar-refractivity contribution in [3.63, 3.8) is 0 Å². The summed E-state index contributed by atoms with van der Waals surface area (Å²) in [7, 11) is 1.95. The molecule has 2 aromatic rings. The van der Waals surface area contributed by atoms with E-state index in [1.165, 1.54) is 18.4 Å². The van der Waals surface area contributed by atoms with Gasteiger partial charge in [0.25, 0.3) is 5.91 Å². The van der Waals surface area contributed by atoms with E-state index in [1.807, 2.05) is 36.2 Å². The molecular weight excluding hydrogens is 332 g/mol. The van der Waals surface area contributed by atoms with Crippen LogP contribution in [0.15, 0.2) is 54.6 Å². The standard InChI is InChI=1S/C21H26N2O.ClH/c1-23(21(24)18-12-10-17(15-22)11-13-18)20-9-5-8-19(20)14-16-6-3-2-4-7-16;/h2-4,6-7,10-13,19-20H,5,8-9,14-15,22H2,1H3;1H. The van der Waals surface area contributed by atoms with Crippen LogP contribution in [0.3, 0.4) is 0 Å². The van der Waals surface area contributed by atoms with Crippen molar-refractivity contribution in [1.82, 2.24) is 4.90 Å². The largest absolute Gasteiger partial charge is 0.338 e. The smallest absolute Gasteiger partial charge is 0.253 e. The van der Waals surface area contributed by atoms with Crippen LogP contribution < -0.4 is 5.73 Å². The molecule has 4 heteroatoms. The Morgan fingerprint density at radius 1 is 1.04 bits per heavy atom. The van der Waals surface area contributed by atoms with Gasteiger partial charge in [0.2, 0.25) is 0 Å². The van der Waals surface area contributed by atoms with Crippen LogP contribution in [-0.2, 0) is 13.0 Å². The molecule has 1 aliphatic carbocycles. The monoisotopic (exact) mass is 358 g/mol. The first-order chi connectivity index (χ1) is 11.7. The van der Waals surface area contributed by atoms with Crippen LogP contribution in [0.1, 0.15) is 40.7 Å². The molecular formula is C21H27ClN2O. The fraction of sp³-hybridized carbons (Fsp3) is 0.381. The fourth-order valence-electron chi connectivity index (χ4n) is 3.82. The molecule has 2 unspecified atom stereocenters. The van der Waals surface area contributed by atoms with Gasteiger partial charge < -0.3 is 10.6 Å². The van der Waals surface area contributed by atoms with E-state index in [2.05, 4.69) is 30.3 Å². The molecule has 0 saturated heterocycles. The summed E-state index contributed by atoms with van der Waals surface area (Å²) in [6, 6.07) is 18.6. The lowest BCUT2D eigenvalue weighted by molar-refractivity contribution is 0.0696. The Labute approximate surface area is 156 Å². The fourth-order valence-corrected chi connectivity index (χ4v) is 3.82. The van der Waals surface area contributed by atoms with Gasteiger partial charge in [-0.15, -0.1) is 12.4 Å². The second-order valence-corrected chi connectivity index (χ2v) is 6.77. The molecule has 0 bridgehead atoms. The van der Waals surface area contributed by atoms with Gasteiger partial charge in [-0.2, -0.15) is 0 Å². The number of halogens is 1. The number of carbonyl (C=O) groups is 1. The van der Waals surface area contributed by atoms with Crippen LogP contribution in [0.5, 0.6) is 0 Å². The maximum atomic E-state index is 12.8. The predicted molar refractivity (Wildman–Crippen MR) is 105 cm³/mol. The second-order valence-electron chi connectivity index (χ2n) is 6.77. The van der Waals surface area contributed by atoms with Crippen molar-refractivity contribution in [2.75, 3.05) is 7.05 Å². The molecule has 25 heavy (non-hydrogen) atoms. The molecule has 134 valence electrons. The molecule has 0 radical (unpaired) electrons. The molecule has 0 spiro atoms. The highest BCUT2D eigenvalue weighted by molar-refractivity contribution is 5.94.